The highest BCUT2D eigenvalue weighted by atomic mass is 32.3. The van der Waals surface area contributed by atoms with Crippen LogP contribution in [0.25, 0.3) is 0 Å². The minimum Gasteiger partial charge on any atom is -0.726 e. The number of H-pyrrole nitrogens is 1. The van der Waals surface area contributed by atoms with Crippen molar-refractivity contribution in [2.75, 3.05) is 32.8 Å². The second-order valence-corrected chi connectivity index (χ2v) is 6.93. The Hall–Kier alpha value is -1.57. The Morgan fingerprint density at radius 1 is 1.33 bits per heavy atom. The molecule has 3 atom stereocenters. The van der Waals surface area contributed by atoms with Gasteiger partial charge in [0, 0.05) is 12.3 Å². The molecule has 11 nitrogen and oxygen atoms in total. The molecule has 0 bridgehead atoms. The van der Waals surface area contributed by atoms with Gasteiger partial charge in [0.15, 0.2) is 0 Å². The molecule has 1 aliphatic heterocycles. The number of nitrogens with zero attached hydrogens (tertiary/aromatic N) is 1. The van der Waals surface area contributed by atoms with E-state index < -0.39 is 46.5 Å². The number of aliphatic hydroxyl groups excluding tert-OH is 1. The monoisotopic (exact) mass is 409 g/mol. The summed E-state index contributed by atoms with van der Waals surface area (Å²) in [6.45, 7) is 9.74. The summed E-state index contributed by atoms with van der Waals surface area (Å²) < 4.78 is 42.5. The molecular formula is C15H27N3O8S. The zero-order valence-electron chi connectivity index (χ0n) is 15.6. The van der Waals surface area contributed by atoms with Crippen molar-refractivity contribution in [2.45, 2.75) is 39.0 Å². The molecule has 0 radical (unpaired) electrons. The average Bonchev–Trinajstić information content (AvgIpc) is 2.97. The van der Waals surface area contributed by atoms with Crippen molar-refractivity contribution in [3.63, 3.8) is 0 Å². The molecule has 2 rings (SSSR count). The summed E-state index contributed by atoms with van der Waals surface area (Å²) in [5, 5.41) is 9.06. The maximum absolute atomic E-state index is 11.6. The van der Waals surface area contributed by atoms with E-state index in [9.17, 15) is 22.6 Å². The summed E-state index contributed by atoms with van der Waals surface area (Å²) in [5.74, 6) is 0. The minimum absolute atomic E-state index is 0.155. The molecule has 1 fully saturated rings. The standard InChI is InChI=1S/C9H12N2O8S.C6H15N/c12-3-6-8(19-20(15,16)17)5(4-18-6)11-2-1-7(13)10-9(11)14;1-4-7(5-2)6-3/h1-2,5-6,8,12H,3-4H2,(H,10,13,14)(H,15,16,17);4-6H2,1-3H3/t5-,6-,8+;/m1./s1. The number of aromatic amines is 1. The molecule has 1 aromatic heterocycles. The summed E-state index contributed by atoms with van der Waals surface area (Å²) in [6, 6.07) is 0.0939. The van der Waals surface area contributed by atoms with Crippen molar-refractivity contribution in [1.82, 2.24) is 9.55 Å². The van der Waals surface area contributed by atoms with Gasteiger partial charge in [0.1, 0.15) is 12.2 Å². The highest BCUT2D eigenvalue weighted by Gasteiger charge is 2.41. The van der Waals surface area contributed by atoms with Gasteiger partial charge in [-0.05, 0) is 20.8 Å². The van der Waals surface area contributed by atoms with Gasteiger partial charge in [-0.1, -0.05) is 0 Å². The first-order chi connectivity index (χ1) is 12.7. The lowest BCUT2D eigenvalue weighted by Crippen LogP contribution is -3.11. The first kappa shape index (κ1) is 23.5. The number of quaternary nitrogens is 1. The molecular weight excluding hydrogens is 382 g/mol. The molecule has 12 heteroatoms. The van der Waals surface area contributed by atoms with Crippen molar-refractivity contribution in [1.29, 1.82) is 0 Å². The van der Waals surface area contributed by atoms with Crippen LogP contribution >= 0.6 is 0 Å². The number of nitrogens with one attached hydrogen (secondary N) is 2. The lowest BCUT2D eigenvalue weighted by atomic mass is 10.1. The summed E-state index contributed by atoms with van der Waals surface area (Å²) in [7, 11) is -5.04. The van der Waals surface area contributed by atoms with Crippen molar-refractivity contribution in [3.05, 3.63) is 33.1 Å². The molecule has 0 spiro atoms. The molecule has 0 saturated carbocycles. The molecule has 0 aliphatic carbocycles. The molecule has 0 unspecified atom stereocenters. The summed E-state index contributed by atoms with van der Waals surface area (Å²) in [4.78, 5) is 26.3. The van der Waals surface area contributed by atoms with Crippen LogP contribution in [0.2, 0.25) is 0 Å². The van der Waals surface area contributed by atoms with Crippen molar-refractivity contribution < 1.29 is 31.9 Å². The van der Waals surface area contributed by atoms with Crippen LogP contribution in [0.4, 0.5) is 0 Å². The molecule has 3 N–H and O–H groups in total. The number of rotatable bonds is 7. The van der Waals surface area contributed by atoms with Crippen LogP contribution in [0.3, 0.4) is 0 Å². The van der Waals surface area contributed by atoms with Gasteiger partial charge in [-0.2, -0.15) is 0 Å². The lowest BCUT2D eigenvalue weighted by molar-refractivity contribution is -0.894. The minimum atomic E-state index is -5.04. The fraction of sp³-hybridized carbons (Fsp3) is 0.733. The third kappa shape index (κ3) is 7.16. The molecule has 0 amide bonds. The maximum atomic E-state index is 11.6. The smallest absolute Gasteiger partial charge is 0.328 e. The van der Waals surface area contributed by atoms with Gasteiger partial charge in [0.05, 0.1) is 38.9 Å². The first-order valence-corrected chi connectivity index (χ1v) is 10.0. The molecule has 27 heavy (non-hydrogen) atoms. The molecule has 1 saturated heterocycles. The highest BCUT2D eigenvalue weighted by Crippen LogP contribution is 2.27. The number of aliphatic hydroxyl groups is 1. The average molecular weight is 409 g/mol. The Labute approximate surface area is 157 Å². The van der Waals surface area contributed by atoms with E-state index in [1.165, 1.54) is 19.6 Å². The normalized spacial score (nSPS) is 22.5. The van der Waals surface area contributed by atoms with Gasteiger partial charge in [-0.3, -0.25) is 18.5 Å². The van der Waals surface area contributed by atoms with Crippen LogP contribution in [0.15, 0.2) is 21.9 Å². The Morgan fingerprint density at radius 2 is 1.93 bits per heavy atom. The SMILES string of the molecule is CC[NH+](CC)CC.O=c1ccn([C@@H]2CO[C@H](CO)[C@H]2OS(=O)(=O)[O-])c(=O)[nH]1. The van der Waals surface area contributed by atoms with E-state index >= 15 is 0 Å². The van der Waals surface area contributed by atoms with Crippen LogP contribution in [-0.2, 0) is 19.3 Å². The summed E-state index contributed by atoms with van der Waals surface area (Å²) >= 11 is 0. The molecule has 156 valence electrons. The van der Waals surface area contributed by atoms with Crippen LogP contribution in [0, 0.1) is 0 Å². The van der Waals surface area contributed by atoms with Gasteiger partial charge in [0.25, 0.3) is 5.56 Å². The number of hydrogen-bond donors (Lipinski definition) is 3. The predicted molar refractivity (Wildman–Crippen MR) is 94.3 cm³/mol. The summed E-state index contributed by atoms with van der Waals surface area (Å²) in [5.41, 5.74) is -1.43. The van der Waals surface area contributed by atoms with E-state index in [1.807, 2.05) is 4.98 Å². The number of ether oxygens (including phenoxy) is 1. The molecule has 2 heterocycles. The quantitative estimate of drug-likeness (QED) is 0.323. The summed E-state index contributed by atoms with van der Waals surface area (Å²) in [6.07, 6.45) is -1.29. The second-order valence-electron chi connectivity index (χ2n) is 5.92. The van der Waals surface area contributed by atoms with Crippen LogP contribution < -0.4 is 16.1 Å². The van der Waals surface area contributed by atoms with Gasteiger partial charge in [0.2, 0.25) is 10.4 Å². The van der Waals surface area contributed by atoms with Gasteiger partial charge in [-0.15, -0.1) is 0 Å². The fourth-order valence-corrected chi connectivity index (χ4v) is 3.28. The van der Waals surface area contributed by atoms with E-state index in [1.54, 1.807) is 4.90 Å². The van der Waals surface area contributed by atoms with Crippen molar-refractivity contribution in [2.24, 2.45) is 0 Å². The van der Waals surface area contributed by atoms with Gasteiger partial charge < -0.3 is 19.3 Å². The third-order valence-corrected chi connectivity index (χ3v) is 4.80. The van der Waals surface area contributed by atoms with E-state index in [2.05, 4.69) is 25.0 Å². The van der Waals surface area contributed by atoms with Crippen LogP contribution in [0.1, 0.15) is 26.8 Å². The Bertz CT molecular complexity index is 781. The second kappa shape index (κ2) is 10.7. The zero-order chi connectivity index (χ0) is 20.6. The van der Waals surface area contributed by atoms with Crippen LogP contribution in [0.5, 0.6) is 0 Å². The van der Waals surface area contributed by atoms with Gasteiger partial charge in [-0.25, -0.2) is 13.2 Å². The van der Waals surface area contributed by atoms with Crippen molar-refractivity contribution >= 4 is 10.4 Å². The van der Waals surface area contributed by atoms with E-state index in [4.69, 9.17) is 9.84 Å². The van der Waals surface area contributed by atoms with E-state index in [0.717, 1.165) is 16.8 Å². The molecule has 0 aromatic carbocycles. The number of aromatic nitrogens is 2. The van der Waals surface area contributed by atoms with E-state index in [0.29, 0.717) is 0 Å². The fourth-order valence-electron chi connectivity index (χ4n) is 2.76. The third-order valence-electron chi connectivity index (χ3n) is 4.34. The molecule has 1 aliphatic rings. The van der Waals surface area contributed by atoms with Gasteiger partial charge >= 0.3 is 5.69 Å². The maximum Gasteiger partial charge on any atom is 0.328 e. The Morgan fingerprint density at radius 3 is 2.33 bits per heavy atom. The van der Waals surface area contributed by atoms with E-state index in [-0.39, 0.29) is 6.61 Å². The lowest BCUT2D eigenvalue weighted by Gasteiger charge is -2.24. The topological polar surface area (TPSA) is 155 Å². The highest BCUT2D eigenvalue weighted by molar-refractivity contribution is 7.80. The number of hydrogen-bond acceptors (Lipinski definition) is 8. The first-order valence-electron chi connectivity index (χ1n) is 8.68. The predicted octanol–water partition coefficient (Wildman–Crippen LogP) is -2.75. The van der Waals surface area contributed by atoms with Crippen molar-refractivity contribution in [3.8, 4) is 0 Å². The largest absolute Gasteiger partial charge is 0.726 e. The Balaban J connectivity index is 0.000000445. The zero-order valence-corrected chi connectivity index (χ0v) is 16.4. The van der Waals surface area contributed by atoms with Crippen LogP contribution in [-0.4, -0.2) is 72.7 Å². The molecule has 1 aromatic rings. The Kier molecular flexibility index (Phi) is 9.29.